The van der Waals surface area contributed by atoms with Crippen LogP contribution in [-0.2, 0) is 20.7 Å². The molecule has 148 valence electrons. The van der Waals surface area contributed by atoms with E-state index in [1.807, 2.05) is 56.4 Å². The summed E-state index contributed by atoms with van der Waals surface area (Å²) in [5.74, 6) is -0.296. The number of nitrogens with zero attached hydrogens (tertiary/aromatic N) is 2. The first-order chi connectivity index (χ1) is 13.5. The largest absolute Gasteiger partial charge is 0.361 e. The molecule has 2 heterocycles. The first-order valence-electron chi connectivity index (χ1n) is 9.60. The maximum Gasteiger partial charge on any atom is 0.254 e. The van der Waals surface area contributed by atoms with E-state index in [0.717, 1.165) is 16.7 Å². The van der Waals surface area contributed by atoms with Crippen molar-refractivity contribution >= 4 is 11.8 Å². The number of amides is 2. The van der Waals surface area contributed by atoms with Gasteiger partial charge in [0.2, 0.25) is 5.91 Å². The van der Waals surface area contributed by atoms with Crippen LogP contribution in [0.4, 0.5) is 0 Å². The molecule has 6 heteroatoms. The number of hydrogen-bond acceptors (Lipinski definition) is 4. The predicted molar refractivity (Wildman–Crippen MR) is 108 cm³/mol. The Labute approximate surface area is 165 Å². The first kappa shape index (κ1) is 20.0. The van der Waals surface area contributed by atoms with E-state index in [9.17, 15) is 9.59 Å². The van der Waals surface area contributed by atoms with Gasteiger partial charge in [-0.2, -0.15) is 0 Å². The third kappa shape index (κ3) is 4.07. The zero-order valence-corrected chi connectivity index (χ0v) is 16.6. The van der Waals surface area contributed by atoms with Crippen LogP contribution in [0, 0.1) is 5.92 Å². The summed E-state index contributed by atoms with van der Waals surface area (Å²) in [4.78, 5) is 31.4. The van der Waals surface area contributed by atoms with Gasteiger partial charge in [-0.3, -0.25) is 14.6 Å². The lowest BCUT2D eigenvalue weighted by atomic mass is 9.87. The van der Waals surface area contributed by atoms with Crippen molar-refractivity contribution < 1.29 is 14.3 Å². The molecule has 0 bridgehead atoms. The minimum absolute atomic E-state index is 0.0390. The summed E-state index contributed by atoms with van der Waals surface area (Å²) >= 11 is 0. The van der Waals surface area contributed by atoms with Crippen LogP contribution in [0.5, 0.6) is 0 Å². The van der Waals surface area contributed by atoms with Gasteiger partial charge in [-0.05, 0) is 17.2 Å². The minimum atomic E-state index is -1.12. The van der Waals surface area contributed by atoms with E-state index in [4.69, 9.17) is 4.74 Å². The molecule has 1 aromatic carbocycles. The average molecular weight is 381 g/mol. The van der Waals surface area contributed by atoms with E-state index in [1.54, 1.807) is 18.1 Å². The summed E-state index contributed by atoms with van der Waals surface area (Å²) in [6, 6.07) is 11.8. The number of morpholine rings is 1. The molecule has 3 rings (SSSR count). The Morgan fingerprint density at radius 3 is 2.71 bits per heavy atom. The molecule has 0 radical (unpaired) electrons. The summed E-state index contributed by atoms with van der Waals surface area (Å²) in [5, 5.41) is 2.73. The zero-order valence-electron chi connectivity index (χ0n) is 16.6. The van der Waals surface area contributed by atoms with Gasteiger partial charge >= 0.3 is 0 Å². The maximum atomic E-state index is 12.9. The van der Waals surface area contributed by atoms with Gasteiger partial charge in [0, 0.05) is 43.9 Å². The lowest BCUT2D eigenvalue weighted by Crippen LogP contribution is -2.62. The van der Waals surface area contributed by atoms with Crippen molar-refractivity contribution in [1.29, 1.82) is 0 Å². The fraction of sp³-hybridized carbons (Fsp3) is 0.409. The Kier molecular flexibility index (Phi) is 6.09. The molecule has 1 fully saturated rings. The van der Waals surface area contributed by atoms with E-state index in [0.29, 0.717) is 19.6 Å². The molecule has 0 spiro atoms. The zero-order chi connectivity index (χ0) is 20.1. The first-order valence-corrected chi connectivity index (χ1v) is 9.60. The number of carbonyl (C=O) groups is 2. The predicted octanol–water partition coefficient (Wildman–Crippen LogP) is 2.29. The highest BCUT2D eigenvalue weighted by molar-refractivity contribution is 5.88. The second kappa shape index (κ2) is 8.52. The van der Waals surface area contributed by atoms with Gasteiger partial charge in [0.1, 0.15) is 0 Å². The van der Waals surface area contributed by atoms with Crippen LogP contribution in [0.25, 0.3) is 11.1 Å². The van der Waals surface area contributed by atoms with Gasteiger partial charge in [0.25, 0.3) is 5.91 Å². The van der Waals surface area contributed by atoms with Gasteiger partial charge in [0.05, 0.1) is 13.2 Å². The molecule has 0 saturated carbocycles. The van der Waals surface area contributed by atoms with Crippen molar-refractivity contribution in [1.82, 2.24) is 15.2 Å². The second-order valence-corrected chi connectivity index (χ2v) is 7.41. The normalized spacial score (nSPS) is 19.5. The standard InChI is InChI=1S/C22H27N3O3/c1-16(2)20(26)25-11-12-28-22(15-25,21(27)23-3)13-17-7-4-5-9-19(17)18-8-6-10-24-14-18/h4-10,14,16H,11-13,15H2,1-3H3,(H,23,27). The number of benzene rings is 1. The highest BCUT2D eigenvalue weighted by atomic mass is 16.5. The van der Waals surface area contributed by atoms with Gasteiger partial charge in [-0.15, -0.1) is 0 Å². The number of rotatable bonds is 5. The topological polar surface area (TPSA) is 71.5 Å². The van der Waals surface area contributed by atoms with Crippen LogP contribution in [0.2, 0.25) is 0 Å². The molecule has 2 aromatic rings. The molecule has 1 atom stereocenters. The fourth-order valence-electron chi connectivity index (χ4n) is 3.68. The van der Waals surface area contributed by atoms with Crippen LogP contribution in [-0.4, -0.2) is 54.0 Å². The SMILES string of the molecule is CNC(=O)C1(Cc2ccccc2-c2cccnc2)CN(C(=O)C(C)C)CCO1. The van der Waals surface area contributed by atoms with E-state index in [1.165, 1.54) is 0 Å². The molecule has 1 saturated heterocycles. The Balaban J connectivity index is 1.97. The van der Waals surface area contributed by atoms with Crippen molar-refractivity contribution in [2.75, 3.05) is 26.7 Å². The molecule has 0 aliphatic carbocycles. The molecule has 28 heavy (non-hydrogen) atoms. The molecule has 2 amide bonds. The number of hydrogen-bond donors (Lipinski definition) is 1. The van der Waals surface area contributed by atoms with Crippen molar-refractivity contribution in [2.45, 2.75) is 25.9 Å². The Morgan fingerprint density at radius 2 is 2.04 bits per heavy atom. The Hall–Kier alpha value is -2.73. The van der Waals surface area contributed by atoms with Gasteiger partial charge in [0.15, 0.2) is 5.60 Å². The summed E-state index contributed by atoms with van der Waals surface area (Å²) in [7, 11) is 1.60. The van der Waals surface area contributed by atoms with Gasteiger partial charge in [-0.25, -0.2) is 0 Å². The van der Waals surface area contributed by atoms with Crippen LogP contribution in [0.3, 0.4) is 0 Å². The molecule has 1 unspecified atom stereocenters. The third-order valence-corrected chi connectivity index (χ3v) is 5.10. The smallest absolute Gasteiger partial charge is 0.254 e. The lowest BCUT2D eigenvalue weighted by molar-refractivity contribution is -0.167. The van der Waals surface area contributed by atoms with Gasteiger partial charge in [-0.1, -0.05) is 44.2 Å². The van der Waals surface area contributed by atoms with E-state index < -0.39 is 5.60 Å². The highest BCUT2D eigenvalue weighted by Crippen LogP contribution is 2.30. The number of pyridine rings is 1. The number of likely N-dealkylation sites (N-methyl/N-ethyl adjacent to an activating group) is 1. The van der Waals surface area contributed by atoms with E-state index in [2.05, 4.69) is 10.3 Å². The highest BCUT2D eigenvalue weighted by Gasteiger charge is 2.45. The monoisotopic (exact) mass is 381 g/mol. The van der Waals surface area contributed by atoms with Crippen LogP contribution in [0.1, 0.15) is 19.4 Å². The molecule has 1 aliphatic heterocycles. The lowest BCUT2D eigenvalue weighted by Gasteiger charge is -2.42. The van der Waals surface area contributed by atoms with Crippen molar-refractivity contribution in [3.8, 4) is 11.1 Å². The van der Waals surface area contributed by atoms with Crippen LogP contribution >= 0.6 is 0 Å². The minimum Gasteiger partial charge on any atom is -0.361 e. The van der Waals surface area contributed by atoms with Crippen LogP contribution < -0.4 is 5.32 Å². The molecular formula is C22H27N3O3. The Bertz CT molecular complexity index is 838. The Morgan fingerprint density at radius 1 is 1.25 bits per heavy atom. The second-order valence-electron chi connectivity index (χ2n) is 7.41. The van der Waals surface area contributed by atoms with Crippen molar-refractivity contribution in [2.24, 2.45) is 5.92 Å². The van der Waals surface area contributed by atoms with E-state index in [-0.39, 0.29) is 24.3 Å². The number of carbonyl (C=O) groups excluding carboxylic acids is 2. The van der Waals surface area contributed by atoms with Gasteiger partial charge < -0.3 is 15.0 Å². The molecule has 1 aliphatic rings. The average Bonchev–Trinajstić information content (AvgIpc) is 2.73. The van der Waals surface area contributed by atoms with Crippen molar-refractivity contribution in [3.05, 3.63) is 54.4 Å². The maximum absolute atomic E-state index is 12.9. The molecule has 1 N–H and O–H groups in total. The number of nitrogens with one attached hydrogen (secondary N) is 1. The number of aromatic nitrogens is 1. The molecule has 1 aromatic heterocycles. The fourth-order valence-corrected chi connectivity index (χ4v) is 3.68. The van der Waals surface area contributed by atoms with Crippen LogP contribution in [0.15, 0.2) is 48.8 Å². The van der Waals surface area contributed by atoms with E-state index >= 15 is 0 Å². The molecule has 6 nitrogen and oxygen atoms in total. The quantitative estimate of drug-likeness (QED) is 0.863. The number of ether oxygens (including phenoxy) is 1. The summed E-state index contributed by atoms with van der Waals surface area (Å²) in [5.41, 5.74) is 1.86. The molecular weight excluding hydrogens is 354 g/mol. The van der Waals surface area contributed by atoms with Crippen molar-refractivity contribution in [3.63, 3.8) is 0 Å². The third-order valence-electron chi connectivity index (χ3n) is 5.10. The summed E-state index contributed by atoms with van der Waals surface area (Å²) < 4.78 is 6.05. The summed E-state index contributed by atoms with van der Waals surface area (Å²) in [6.07, 6.45) is 3.92. The summed E-state index contributed by atoms with van der Waals surface area (Å²) in [6.45, 7) is 4.82.